The van der Waals surface area contributed by atoms with Crippen LogP contribution in [0, 0.1) is 6.92 Å². The van der Waals surface area contributed by atoms with E-state index in [0.29, 0.717) is 12.2 Å². The number of nitrogens with two attached hydrogens (primary N) is 1. The van der Waals surface area contributed by atoms with Crippen LogP contribution in [0.5, 0.6) is 0 Å². The molecule has 2 heterocycles. The summed E-state index contributed by atoms with van der Waals surface area (Å²) in [5, 5.41) is 12.9. The molecule has 0 unspecified atom stereocenters. The van der Waals surface area contributed by atoms with Crippen LogP contribution in [-0.2, 0) is 6.54 Å². The quantitative estimate of drug-likeness (QED) is 0.671. The number of benzene rings is 1. The predicted octanol–water partition coefficient (Wildman–Crippen LogP) is 1.36. The molecule has 2 aromatic heterocycles. The summed E-state index contributed by atoms with van der Waals surface area (Å²) < 4.78 is 6.50. The number of aryl methyl sites for hydroxylation is 1. The van der Waals surface area contributed by atoms with E-state index in [1.807, 2.05) is 29.8 Å². The van der Waals surface area contributed by atoms with Crippen molar-refractivity contribution in [1.29, 1.82) is 0 Å². The maximum absolute atomic E-state index is 5.77. The van der Waals surface area contributed by atoms with E-state index in [-0.39, 0.29) is 0 Å². The van der Waals surface area contributed by atoms with E-state index in [1.54, 1.807) is 6.20 Å². The number of nitrogen functional groups attached to an aromatic ring is 1. The van der Waals surface area contributed by atoms with Gasteiger partial charge in [0.15, 0.2) is 0 Å². The van der Waals surface area contributed by atoms with Crippen LogP contribution in [0.15, 0.2) is 29.0 Å². The topological polar surface area (TPSA) is 82.8 Å². The predicted molar refractivity (Wildman–Crippen MR) is 62.3 cm³/mol. The lowest BCUT2D eigenvalue weighted by molar-refractivity contribution is 0.300. The second kappa shape index (κ2) is 3.58. The molecule has 0 aliphatic rings. The van der Waals surface area contributed by atoms with Gasteiger partial charge in [-0.05, 0) is 25.1 Å². The van der Waals surface area contributed by atoms with Gasteiger partial charge in [0.05, 0.1) is 18.3 Å². The Morgan fingerprint density at radius 3 is 3.00 bits per heavy atom. The molecule has 0 radical (unpaired) electrons. The maximum atomic E-state index is 5.77. The summed E-state index contributed by atoms with van der Waals surface area (Å²) >= 11 is 0. The number of aromatic nitrogens is 4. The number of rotatable bonds is 2. The molecule has 0 fully saturated rings. The zero-order valence-corrected chi connectivity index (χ0v) is 9.29. The molecule has 0 aliphatic carbocycles. The van der Waals surface area contributed by atoms with Crippen molar-refractivity contribution in [2.75, 3.05) is 5.73 Å². The Labute approximate surface area is 97.0 Å². The van der Waals surface area contributed by atoms with Crippen LogP contribution < -0.4 is 5.73 Å². The summed E-state index contributed by atoms with van der Waals surface area (Å²) in [5.74, 6) is 0. The lowest BCUT2D eigenvalue weighted by Gasteiger charge is -2.01. The average Bonchev–Trinajstić information content (AvgIpc) is 2.88. The summed E-state index contributed by atoms with van der Waals surface area (Å²) in [5.41, 5.74) is 9.01. The zero-order valence-electron chi connectivity index (χ0n) is 9.29. The molecule has 0 aliphatic heterocycles. The Morgan fingerprint density at radius 2 is 2.24 bits per heavy atom. The van der Waals surface area contributed by atoms with E-state index in [9.17, 15) is 0 Å². The number of nitrogens with zero attached hydrogens (tertiary/aromatic N) is 4. The molecular weight excluding hydrogens is 218 g/mol. The van der Waals surface area contributed by atoms with Crippen LogP contribution in [0.2, 0.25) is 0 Å². The van der Waals surface area contributed by atoms with Crippen molar-refractivity contribution in [1.82, 2.24) is 20.1 Å². The van der Waals surface area contributed by atoms with Gasteiger partial charge in [-0.1, -0.05) is 10.3 Å². The highest BCUT2D eigenvalue weighted by atomic mass is 16.6. The Hall–Kier alpha value is -2.37. The van der Waals surface area contributed by atoms with Crippen LogP contribution >= 0.6 is 0 Å². The molecule has 0 atom stereocenters. The number of hydrogen-bond donors (Lipinski definition) is 1. The van der Waals surface area contributed by atoms with Crippen LogP contribution in [0.25, 0.3) is 10.9 Å². The minimum atomic E-state index is 0.530. The first-order valence-electron chi connectivity index (χ1n) is 5.23. The van der Waals surface area contributed by atoms with E-state index in [1.165, 1.54) is 0 Å². The molecule has 3 rings (SSSR count). The number of hydrogen-bond acceptors (Lipinski definition) is 5. The molecular formula is C11H11N5O. The van der Waals surface area contributed by atoms with E-state index in [0.717, 1.165) is 22.3 Å². The van der Waals surface area contributed by atoms with Crippen molar-refractivity contribution >= 4 is 16.6 Å². The first kappa shape index (κ1) is 9.83. The molecule has 0 bridgehead atoms. The third-order valence-electron chi connectivity index (χ3n) is 2.71. The Kier molecular flexibility index (Phi) is 2.07. The van der Waals surface area contributed by atoms with Gasteiger partial charge < -0.3 is 5.73 Å². The van der Waals surface area contributed by atoms with Crippen molar-refractivity contribution in [3.05, 3.63) is 35.8 Å². The molecule has 17 heavy (non-hydrogen) atoms. The summed E-state index contributed by atoms with van der Waals surface area (Å²) in [4.78, 5) is 0. The van der Waals surface area contributed by atoms with Crippen LogP contribution in [0.3, 0.4) is 0 Å². The second-order valence-corrected chi connectivity index (χ2v) is 3.92. The van der Waals surface area contributed by atoms with Crippen LogP contribution in [0.1, 0.15) is 11.4 Å². The van der Waals surface area contributed by atoms with Gasteiger partial charge in [0, 0.05) is 11.1 Å². The summed E-state index contributed by atoms with van der Waals surface area (Å²) in [6.07, 6.45) is 1.80. The van der Waals surface area contributed by atoms with Gasteiger partial charge in [0.25, 0.3) is 0 Å². The maximum Gasteiger partial charge on any atom is 0.129 e. The van der Waals surface area contributed by atoms with E-state index >= 15 is 0 Å². The summed E-state index contributed by atoms with van der Waals surface area (Å²) in [6.45, 7) is 2.38. The fourth-order valence-electron chi connectivity index (χ4n) is 1.75. The highest BCUT2D eigenvalue weighted by molar-refractivity contribution is 5.81. The van der Waals surface area contributed by atoms with Crippen molar-refractivity contribution < 1.29 is 4.63 Å². The van der Waals surface area contributed by atoms with Crippen molar-refractivity contribution in [3.8, 4) is 0 Å². The molecule has 6 nitrogen and oxygen atoms in total. The Balaban J connectivity index is 2.06. The Morgan fingerprint density at radius 1 is 1.35 bits per heavy atom. The number of anilines is 1. The van der Waals surface area contributed by atoms with Gasteiger partial charge in [0.1, 0.15) is 11.4 Å². The molecule has 86 valence electrons. The first-order chi connectivity index (χ1) is 8.24. The summed E-state index contributed by atoms with van der Waals surface area (Å²) in [6, 6.07) is 5.70. The fraction of sp³-hybridized carbons (Fsp3) is 0.182. The molecule has 6 heteroatoms. The molecule has 0 amide bonds. The molecule has 0 saturated heterocycles. The lowest BCUT2D eigenvalue weighted by Crippen LogP contribution is -2.03. The highest BCUT2D eigenvalue weighted by Gasteiger charge is 2.09. The van der Waals surface area contributed by atoms with Crippen molar-refractivity contribution in [2.24, 2.45) is 0 Å². The minimum absolute atomic E-state index is 0.530. The third-order valence-corrected chi connectivity index (χ3v) is 2.71. The normalized spacial score (nSPS) is 11.1. The fourth-order valence-corrected chi connectivity index (χ4v) is 1.75. The van der Waals surface area contributed by atoms with Gasteiger partial charge in [-0.2, -0.15) is 5.10 Å². The monoisotopic (exact) mass is 229 g/mol. The lowest BCUT2D eigenvalue weighted by atomic mass is 10.2. The molecule has 3 aromatic rings. The smallest absolute Gasteiger partial charge is 0.129 e. The molecule has 0 spiro atoms. The van der Waals surface area contributed by atoms with Gasteiger partial charge in [-0.3, -0.25) is 4.68 Å². The van der Waals surface area contributed by atoms with Gasteiger partial charge in [-0.15, -0.1) is 0 Å². The average molecular weight is 229 g/mol. The van der Waals surface area contributed by atoms with Gasteiger partial charge in [0.2, 0.25) is 0 Å². The summed E-state index contributed by atoms with van der Waals surface area (Å²) in [7, 11) is 0. The largest absolute Gasteiger partial charge is 0.399 e. The van der Waals surface area contributed by atoms with E-state index < -0.39 is 0 Å². The van der Waals surface area contributed by atoms with E-state index in [4.69, 9.17) is 5.73 Å². The van der Waals surface area contributed by atoms with E-state index in [2.05, 4.69) is 20.0 Å². The Bertz CT molecular complexity index is 669. The van der Waals surface area contributed by atoms with Crippen LogP contribution in [0.4, 0.5) is 5.69 Å². The van der Waals surface area contributed by atoms with Crippen molar-refractivity contribution in [2.45, 2.75) is 13.5 Å². The SMILES string of the molecule is Cc1nonc1Cn1ncc2ccc(N)cc21. The molecule has 2 N–H and O–H groups in total. The van der Waals surface area contributed by atoms with Crippen molar-refractivity contribution in [3.63, 3.8) is 0 Å². The van der Waals surface area contributed by atoms with Crippen LogP contribution in [-0.4, -0.2) is 20.1 Å². The second-order valence-electron chi connectivity index (χ2n) is 3.92. The highest BCUT2D eigenvalue weighted by Crippen LogP contribution is 2.18. The molecule has 1 aromatic carbocycles. The first-order valence-corrected chi connectivity index (χ1v) is 5.23. The molecule has 0 saturated carbocycles. The van der Waals surface area contributed by atoms with Gasteiger partial charge in [-0.25, -0.2) is 4.63 Å². The third kappa shape index (κ3) is 1.63. The van der Waals surface area contributed by atoms with Gasteiger partial charge >= 0.3 is 0 Å². The minimum Gasteiger partial charge on any atom is -0.399 e. The standard InChI is InChI=1S/C11H11N5O/c1-7-10(15-17-14-7)6-16-11-4-9(12)3-2-8(11)5-13-16/h2-5H,6,12H2,1H3. The zero-order chi connectivity index (χ0) is 11.8. The number of fused-ring (bicyclic) bond motifs is 1.